The molecule has 5 nitrogen and oxygen atoms in total. The fourth-order valence-corrected chi connectivity index (χ4v) is 2.69. The Labute approximate surface area is 122 Å². The number of benzene rings is 1. The van der Waals surface area contributed by atoms with Crippen LogP contribution in [-0.2, 0) is 6.54 Å². The first kappa shape index (κ1) is 13.5. The van der Waals surface area contributed by atoms with E-state index in [-0.39, 0.29) is 6.61 Å². The van der Waals surface area contributed by atoms with Gasteiger partial charge in [0.15, 0.2) is 0 Å². The second-order valence-corrected chi connectivity index (χ2v) is 5.47. The van der Waals surface area contributed by atoms with E-state index < -0.39 is 0 Å². The second kappa shape index (κ2) is 5.91. The smallest absolute Gasteiger partial charge is 0.241 e. The third-order valence-electron chi connectivity index (χ3n) is 3.57. The van der Waals surface area contributed by atoms with Crippen molar-refractivity contribution in [3.05, 3.63) is 35.2 Å². The molecule has 1 aromatic carbocycles. The minimum Gasteiger partial charge on any atom is -0.396 e. The molecular weight excluding hydrogens is 278 g/mol. The topological polar surface area (TPSA) is 62.4 Å². The summed E-state index contributed by atoms with van der Waals surface area (Å²) >= 11 is 6.12. The lowest BCUT2D eigenvalue weighted by atomic mass is 10.1. The first-order valence-corrected chi connectivity index (χ1v) is 7.05. The van der Waals surface area contributed by atoms with Gasteiger partial charge in [-0.2, -0.15) is 4.98 Å². The molecule has 106 valence electrons. The lowest BCUT2D eigenvalue weighted by Crippen LogP contribution is -2.21. The number of aliphatic hydroxyl groups is 1. The van der Waals surface area contributed by atoms with E-state index in [1.807, 2.05) is 18.2 Å². The van der Waals surface area contributed by atoms with Crippen molar-refractivity contribution in [3.8, 4) is 11.4 Å². The Bertz CT molecular complexity index is 587. The number of rotatable bonds is 4. The first-order chi connectivity index (χ1) is 9.76. The Morgan fingerprint density at radius 1 is 1.40 bits per heavy atom. The van der Waals surface area contributed by atoms with Crippen LogP contribution in [0.4, 0.5) is 0 Å². The minimum atomic E-state index is 0.241. The molecule has 1 unspecified atom stereocenters. The molecule has 2 aromatic rings. The number of halogens is 1. The lowest BCUT2D eigenvalue weighted by molar-refractivity contribution is 0.211. The average molecular weight is 294 g/mol. The van der Waals surface area contributed by atoms with Gasteiger partial charge in [-0.3, -0.25) is 4.90 Å². The fraction of sp³-hybridized carbons (Fsp3) is 0.429. The normalized spacial score (nSPS) is 19.6. The average Bonchev–Trinajstić information content (AvgIpc) is 3.09. The fourth-order valence-electron chi connectivity index (χ4n) is 2.47. The highest BCUT2D eigenvalue weighted by Crippen LogP contribution is 2.25. The molecule has 1 fully saturated rings. The summed E-state index contributed by atoms with van der Waals surface area (Å²) in [5.41, 5.74) is 0.777. The van der Waals surface area contributed by atoms with Gasteiger partial charge >= 0.3 is 0 Å². The number of aromatic nitrogens is 2. The van der Waals surface area contributed by atoms with E-state index in [4.69, 9.17) is 21.2 Å². The van der Waals surface area contributed by atoms with Crippen molar-refractivity contribution in [1.29, 1.82) is 0 Å². The molecule has 3 rings (SSSR count). The van der Waals surface area contributed by atoms with Crippen LogP contribution >= 0.6 is 11.6 Å². The van der Waals surface area contributed by atoms with Crippen LogP contribution in [0.3, 0.4) is 0 Å². The van der Waals surface area contributed by atoms with Crippen LogP contribution in [0.25, 0.3) is 11.4 Å². The maximum absolute atomic E-state index is 9.14. The summed E-state index contributed by atoms with van der Waals surface area (Å²) in [5, 5.41) is 13.7. The molecule has 1 aromatic heterocycles. The Morgan fingerprint density at radius 2 is 2.25 bits per heavy atom. The van der Waals surface area contributed by atoms with Gasteiger partial charge < -0.3 is 9.63 Å². The Balaban J connectivity index is 1.70. The van der Waals surface area contributed by atoms with Gasteiger partial charge in [0.05, 0.1) is 11.6 Å². The van der Waals surface area contributed by atoms with Crippen LogP contribution in [0.2, 0.25) is 5.02 Å². The van der Waals surface area contributed by atoms with Gasteiger partial charge in [-0.15, -0.1) is 0 Å². The molecule has 1 atom stereocenters. The Kier molecular flexibility index (Phi) is 4.00. The Morgan fingerprint density at radius 3 is 3.00 bits per heavy atom. The molecule has 0 aliphatic carbocycles. The van der Waals surface area contributed by atoms with Crippen LogP contribution in [0, 0.1) is 5.92 Å². The van der Waals surface area contributed by atoms with E-state index in [0.717, 1.165) is 25.1 Å². The summed E-state index contributed by atoms with van der Waals surface area (Å²) in [7, 11) is 0. The highest BCUT2D eigenvalue weighted by atomic mass is 35.5. The van der Waals surface area contributed by atoms with Gasteiger partial charge in [-0.1, -0.05) is 28.9 Å². The molecule has 0 saturated carbocycles. The monoisotopic (exact) mass is 293 g/mol. The first-order valence-electron chi connectivity index (χ1n) is 6.67. The molecule has 0 bridgehead atoms. The number of likely N-dealkylation sites (tertiary alicyclic amines) is 1. The van der Waals surface area contributed by atoms with Gasteiger partial charge in [-0.25, -0.2) is 0 Å². The van der Waals surface area contributed by atoms with Gasteiger partial charge in [0.1, 0.15) is 0 Å². The van der Waals surface area contributed by atoms with Crippen molar-refractivity contribution in [3.63, 3.8) is 0 Å². The molecule has 0 radical (unpaired) electrons. The van der Waals surface area contributed by atoms with Crippen molar-refractivity contribution in [1.82, 2.24) is 15.0 Å². The summed E-state index contributed by atoms with van der Waals surface area (Å²) in [6.07, 6.45) is 1.02. The van der Waals surface area contributed by atoms with E-state index in [0.29, 0.717) is 29.2 Å². The summed E-state index contributed by atoms with van der Waals surface area (Å²) in [5.74, 6) is 1.46. The SMILES string of the molecule is OCC1CCN(Cc2nc(-c3ccccc3Cl)no2)C1. The van der Waals surface area contributed by atoms with Crippen molar-refractivity contribution in [2.45, 2.75) is 13.0 Å². The molecule has 1 aliphatic heterocycles. The quantitative estimate of drug-likeness (QED) is 0.936. The van der Waals surface area contributed by atoms with Crippen molar-refractivity contribution >= 4 is 11.6 Å². The molecule has 20 heavy (non-hydrogen) atoms. The zero-order chi connectivity index (χ0) is 13.9. The largest absolute Gasteiger partial charge is 0.396 e. The van der Waals surface area contributed by atoms with Crippen molar-refractivity contribution < 1.29 is 9.63 Å². The maximum atomic E-state index is 9.14. The summed E-state index contributed by atoms with van der Waals surface area (Å²) in [6.45, 7) is 2.69. The van der Waals surface area contributed by atoms with E-state index in [1.54, 1.807) is 6.07 Å². The predicted octanol–water partition coefficient (Wildman–Crippen LogP) is 2.20. The summed E-state index contributed by atoms with van der Waals surface area (Å²) in [4.78, 5) is 6.60. The van der Waals surface area contributed by atoms with Gasteiger partial charge in [0.25, 0.3) is 0 Å². The maximum Gasteiger partial charge on any atom is 0.241 e. The van der Waals surface area contributed by atoms with Crippen LogP contribution in [0.1, 0.15) is 12.3 Å². The lowest BCUT2D eigenvalue weighted by Gasteiger charge is -2.11. The van der Waals surface area contributed by atoms with Gasteiger partial charge in [0.2, 0.25) is 11.7 Å². The minimum absolute atomic E-state index is 0.241. The highest BCUT2D eigenvalue weighted by Gasteiger charge is 2.23. The highest BCUT2D eigenvalue weighted by molar-refractivity contribution is 6.33. The standard InChI is InChI=1S/C14H16ClN3O2/c15-12-4-2-1-3-11(12)14-16-13(20-17-14)8-18-6-5-10(7-18)9-19/h1-4,10,19H,5-9H2. The predicted molar refractivity (Wildman–Crippen MR) is 75.2 cm³/mol. The number of nitrogens with zero attached hydrogens (tertiary/aromatic N) is 3. The molecule has 1 saturated heterocycles. The van der Waals surface area contributed by atoms with Crippen molar-refractivity contribution in [2.24, 2.45) is 5.92 Å². The van der Waals surface area contributed by atoms with E-state index in [2.05, 4.69) is 15.0 Å². The number of aliphatic hydroxyl groups excluding tert-OH is 1. The zero-order valence-corrected chi connectivity index (χ0v) is 11.8. The van der Waals surface area contributed by atoms with Crippen LogP contribution in [0.15, 0.2) is 28.8 Å². The number of hydrogen-bond donors (Lipinski definition) is 1. The molecule has 6 heteroatoms. The van der Waals surface area contributed by atoms with Crippen LogP contribution in [-0.4, -0.2) is 39.8 Å². The zero-order valence-electron chi connectivity index (χ0n) is 11.0. The number of hydrogen-bond acceptors (Lipinski definition) is 5. The van der Waals surface area contributed by atoms with E-state index in [9.17, 15) is 0 Å². The van der Waals surface area contributed by atoms with Crippen molar-refractivity contribution in [2.75, 3.05) is 19.7 Å². The summed E-state index contributed by atoms with van der Waals surface area (Å²) in [6, 6.07) is 7.43. The molecule has 0 amide bonds. The van der Waals surface area contributed by atoms with Crippen LogP contribution < -0.4 is 0 Å². The molecule has 0 spiro atoms. The summed E-state index contributed by atoms with van der Waals surface area (Å²) < 4.78 is 5.28. The van der Waals surface area contributed by atoms with Crippen LogP contribution in [0.5, 0.6) is 0 Å². The van der Waals surface area contributed by atoms with Gasteiger partial charge in [-0.05, 0) is 31.0 Å². The van der Waals surface area contributed by atoms with E-state index in [1.165, 1.54) is 0 Å². The van der Waals surface area contributed by atoms with E-state index >= 15 is 0 Å². The molecule has 1 aliphatic rings. The molecule has 2 heterocycles. The third kappa shape index (κ3) is 2.85. The third-order valence-corrected chi connectivity index (χ3v) is 3.90. The van der Waals surface area contributed by atoms with Gasteiger partial charge in [0, 0.05) is 18.7 Å². The molecule has 1 N–H and O–H groups in total. The second-order valence-electron chi connectivity index (χ2n) is 5.06. The Hall–Kier alpha value is -1.43. The molecular formula is C14H16ClN3O2.